The van der Waals surface area contributed by atoms with E-state index in [0.29, 0.717) is 17.3 Å². The molecule has 0 radical (unpaired) electrons. The van der Waals surface area contributed by atoms with E-state index in [9.17, 15) is 0 Å². The monoisotopic (exact) mass is 150 g/mol. The average Bonchev–Trinajstić information content (AvgIpc) is 2.04. The minimum absolute atomic E-state index is 0.602. The molecule has 0 aromatic carbocycles. The highest BCUT2D eigenvalue weighted by atomic mass is 16.5. The predicted molar refractivity (Wildman–Crippen MR) is 43.3 cm³/mol. The Balaban J connectivity index is 2.88. The highest BCUT2D eigenvalue weighted by molar-refractivity contribution is 5.25. The van der Waals surface area contributed by atoms with Crippen LogP contribution in [0.15, 0.2) is 48.8 Å². The van der Waals surface area contributed by atoms with Gasteiger partial charge in [0.25, 0.3) is 0 Å². The Morgan fingerprint density at radius 3 is 2.45 bits per heavy atom. The van der Waals surface area contributed by atoms with Crippen LogP contribution in [0.25, 0.3) is 0 Å². The SMILES string of the molecule is C=CC1=C(C=C)OC(C)=CO1. The summed E-state index contributed by atoms with van der Waals surface area (Å²) in [6.45, 7) is 8.96. The van der Waals surface area contributed by atoms with Crippen molar-refractivity contribution in [3.05, 3.63) is 48.8 Å². The number of hydrogen-bond donors (Lipinski definition) is 0. The van der Waals surface area contributed by atoms with E-state index in [-0.39, 0.29) is 0 Å². The lowest BCUT2D eigenvalue weighted by Crippen LogP contribution is -2.00. The summed E-state index contributed by atoms with van der Waals surface area (Å²) in [4.78, 5) is 0. The Morgan fingerprint density at radius 1 is 1.27 bits per heavy atom. The summed E-state index contributed by atoms with van der Waals surface area (Å²) < 4.78 is 10.4. The molecule has 0 spiro atoms. The fourth-order valence-corrected chi connectivity index (χ4v) is 0.743. The molecule has 0 saturated carbocycles. The number of allylic oxidation sites excluding steroid dienone is 3. The van der Waals surface area contributed by atoms with E-state index in [0.717, 1.165) is 0 Å². The quantitative estimate of drug-likeness (QED) is 0.602. The van der Waals surface area contributed by atoms with Gasteiger partial charge in [-0.05, 0) is 19.1 Å². The van der Waals surface area contributed by atoms with Crippen LogP contribution in [-0.2, 0) is 9.47 Å². The first-order valence-electron chi connectivity index (χ1n) is 3.28. The highest BCUT2D eigenvalue weighted by Crippen LogP contribution is 2.19. The van der Waals surface area contributed by atoms with E-state index >= 15 is 0 Å². The molecule has 0 fully saturated rings. The Bertz CT molecular complexity index is 246. The third-order valence-corrected chi connectivity index (χ3v) is 1.24. The fraction of sp³-hybridized carbons (Fsp3) is 0.111. The molecule has 0 saturated heterocycles. The largest absolute Gasteiger partial charge is 0.458 e. The molecule has 0 bridgehead atoms. The van der Waals surface area contributed by atoms with E-state index in [1.54, 1.807) is 12.2 Å². The molecule has 1 aliphatic rings. The summed E-state index contributed by atoms with van der Waals surface area (Å²) >= 11 is 0. The molecule has 11 heavy (non-hydrogen) atoms. The number of ether oxygens (including phenoxy) is 2. The van der Waals surface area contributed by atoms with Crippen LogP contribution in [0.4, 0.5) is 0 Å². The first-order chi connectivity index (χ1) is 5.27. The highest BCUT2D eigenvalue weighted by Gasteiger charge is 2.08. The van der Waals surface area contributed by atoms with Gasteiger partial charge in [0.15, 0.2) is 11.5 Å². The van der Waals surface area contributed by atoms with Gasteiger partial charge in [0, 0.05) is 0 Å². The normalized spacial score (nSPS) is 16.3. The van der Waals surface area contributed by atoms with E-state index < -0.39 is 0 Å². The minimum atomic E-state index is 0.602. The molecule has 0 aliphatic carbocycles. The van der Waals surface area contributed by atoms with Crippen LogP contribution < -0.4 is 0 Å². The molecular formula is C9H10O2. The molecular weight excluding hydrogens is 140 g/mol. The van der Waals surface area contributed by atoms with Gasteiger partial charge in [-0.3, -0.25) is 0 Å². The lowest BCUT2D eigenvalue weighted by Gasteiger charge is -2.15. The second-order valence-electron chi connectivity index (χ2n) is 2.09. The molecule has 0 aromatic heterocycles. The van der Waals surface area contributed by atoms with Crippen LogP contribution in [0.5, 0.6) is 0 Å². The smallest absolute Gasteiger partial charge is 0.168 e. The summed E-state index contributed by atoms with van der Waals surface area (Å²) in [6.07, 6.45) is 4.71. The maximum absolute atomic E-state index is 5.27. The molecule has 0 N–H and O–H groups in total. The second kappa shape index (κ2) is 3.10. The van der Waals surface area contributed by atoms with Crippen LogP contribution >= 0.6 is 0 Å². The fourth-order valence-electron chi connectivity index (χ4n) is 0.743. The molecule has 1 rings (SSSR count). The van der Waals surface area contributed by atoms with Crippen molar-refractivity contribution in [1.29, 1.82) is 0 Å². The van der Waals surface area contributed by atoms with Crippen LogP contribution in [0, 0.1) is 0 Å². The van der Waals surface area contributed by atoms with Crippen molar-refractivity contribution in [3.63, 3.8) is 0 Å². The van der Waals surface area contributed by atoms with Crippen LogP contribution in [-0.4, -0.2) is 0 Å². The van der Waals surface area contributed by atoms with Crippen LogP contribution in [0.3, 0.4) is 0 Å². The maximum Gasteiger partial charge on any atom is 0.168 e. The Kier molecular flexibility index (Phi) is 2.16. The van der Waals surface area contributed by atoms with Gasteiger partial charge in [0.1, 0.15) is 12.0 Å². The molecule has 2 nitrogen and oxygen atoms in total. The molecule has 1 aliphatic heterocycles. The van der Waals surface area contributed by atoms with E-state index in [1.165, 1.54) is 6.26 Å². The lowest BCUT2D eigenvalue weighted by molar-refractivity contribution is 0.219. The van der Waals surface area contributed by atoms with Gasteiger partial charge in [0.05, 0.1) is 0 Å². The van der Waals surface area contributed by atoms with Crippen molar-refractivity contribution in [3.8, 4) is 0 Å². The molecule has 0 unspecified atom stereocenters. The summed E-state index contributed by atoms with van der Waals surface area (Å²) in [7, 11) is 0. The summed E-state index contributed by atoms with van der Waals surface area (Å²) in [5, 5.41) is 0. The average molecular weight is 150 g/mol. The van der Waals surface area contributed by atoms with Gasteiger partial charge in [-0.15, -0.1) is 0 Å². The minimum Gasteiger partial charge on any atom is -0.458 e. The summed E-state index contributed by atoms with van der Waals surface area (Å²) in [6, 6.07) is 0. The van der Waals surface area contributed by atoms with Crippen molar-refractivity contribution in [2.75, 3.05) is 0 Å². The lowest BCUT2D eigenvalue weighted by atomic mass is 10.3. The Morgan fingerprint density at radius 2 is 1.91 bits per heavy atom. The molecule has 0 aromatic rings. The van der Waals surface area contributed by atoms with Crippen molar-refractivity contribution in [1.82, 2.24) is 0 Å². The molecule has 58 valence electrons. The zero-order valence-electron chi connectivity index (χ0n) is 6.46. The van der Waals surface area contributed by atoms with E-state index in [4.69, 9.17) is 9.47 Å². The first kappa shape index (κ1) is 7.66. The van der Waals surface area contributed by atoms with Gasteiger partial charge >= 0.3 is 0 Å². The van der Waals surface area contributed by atoms with Crippen molar-refractivity contribution >= 4 is 0 Å². The first-order valence-corrected chi connectivity index (χ1v) is 3.28. The Hall–Kier alpha value is -1.44. The van der Waals surface area contributed by atoms with E-state index in [2.05, 4.69) is 13.2 Å². The summed E-state index contributed by atoms with van der Waals surface area (Å²) in [5.74, 6) is 1.93. The zero-order valence-corrected chi connectivity index (χ0v) is 6.46. The molecule has 0 atom stereocenters. The molecule has 0 amide bonds. The van der Waals surface area contributed by atoms with Crippen LogP contribution in [0.1, 0.15) is 6.92 Å². The van der Waals surface area contributed by atoms with Gasteiger partial charge in [-0.1, -0.05) is 13.2 Å². The molecule has 1 heterocycles. The third-order valence-electron chi connectivity index (χ3n) is 1.24. The number of hydrogen-bond acceptors (Lipinski definition) is 2. The predicted octanol–water partition coefficient (Wildman–Crippen LogP) is 2.48. The number of rotatable bonds is 2. The van der Waals surface area contributed by atoms with Gasteiger partial charge in [0.2, 0.25) is 0 Å². The van der Waals surface area contributed by atoms with Gasteiger partial charge < -0.3 is 9.47 Å². The van der Waals surface area contributed by atoms with Crippen LogP contribution in [0.2, 0.25) is 0 Å². The van der Waals surface area contributed by atoms with Crippen molar-refractivity contribution in [2.45, 2.75) is 6.92 Å². The standard InChI is InChI=1S/C9H10O2/c1-4-8-9(5-2)11-7(3)6-10-8/h4-6H,1-2H2,3H3. The van der Waals surface area contributed by atoms with E-state index in [1.807, 2.05) is 6.92 Å². The van der Waals surface area contributed by atoms with Gasteiger partial charge in [-0.25, -0.2) is 0 Å². The molecule has 2 heteroatoms. The summed E-state index contributed by atoms with van der Waals surface area (Å²) in [5.41, 5.74) is 0. The second-order valence-corrected chi connectivity index (χ2v) is 2.09. The zero-order chi connectivity index (χ0) is 8.27. The third kappa shape index (κ3) is 1.52. The van der Waals surface area contributed by atoms with Crippen molar-refractivity contribution < 1.29 is 9.47 Å². The van der Waals surface area contributed by atoms with Crippen molar-refractivity contribution in [2.24, 2.45) is 0 Å². The van der Waals surface area contributed by atoms with Gasteiger partial charge in [-0.2, -0.15) is 0 Å². The maximum atomic E-state index is 5.27. The topological polar surface area (TPSA) is 18.5 Å². The Labute approximate surface area is 66.1 Å².